The molecule has 0 spiro atoms. The van der Waals surface area contributed by atoms with E-state index in [0.29, 0.717) is 6.54 Å². The number of hydrogen-bond donors (Lipinski definition) is 1. The van der Waals surface area contributed by atoms with Crippen LogP contribution in [0.4, 0.5) is 5.69 Å². The highest BCUT2D eigenvalue weighted by Gasteiger charge is 1.97. The highest BCUT2D eigenvalue weighted by atomic mass is 16.1. The third-order valence-corrected chi connectivity index (χ3v) is 2.90. The van der Waals surface area contributed by atoms with E-state index in [0.717, 1.165) is 12.2 Å². The molecule has 1 aromatic carbocycles. The van der Waals surface area contributed by atoms with Crippen LogP contribution in [-0.2, 0) is 13.1 Å². The fourth-order valence-electron chi connectivity index (χ4n) is 1.91. The average molecular weight is 242 g/mol. The standard InChI is InChI=1S/C15H18N2O/c1-3-17-11-14(7-8-15(17)18)16-10-13-6-4-5-12(2)9-13/h4-9,11,16H,3,10H2,1-2H3. The fourth-order valence-corrected chi connectivity index (χ4v) is 1.91. The molecule has 18 heavy (non-hydrogen) atoms. The van der Waals surface area contributed by atoms with Gasteiger partial charge in [-0.05, 0) is 25.5 Å². The summed E-state index contributed by atoms with van der Waals surface area (Å²) in [6.45, 7) is 5.51. The van der Waals surface area contributed by atoms with Gasteiger partial charge < -0.3 is 9.88 Å². The number of hydrogen-bond acceptors (Lipinski definition) is 2. The van der Waals surface area contributed by atoms with Gasteiger partial charge in [-0.1, -0.05) is 29.8 Å². The zero-order valence-electron chi connectivity index (χ0n) is 10.8. The Morgan fingerprint density at radius 1 is 1.22 bits per heavy atom. The first-order chi connectivity index (χ1) is 8.69. The summed E-state index contributed by atoms with van der Waals surface area (Å²) < 4.78 is 1.69. The minimum absolute atomic E-state index is 0.0404. The van der Waals surface area contributed by atoms with E-state index in [-0.39, 0.29) is 5.56 Å². The predicted octanol–water partition coefficient (Wildman–Crippen LogP) is 2.79. The van der Waals surface area contributed by atoms with Crippen molar-refractivity contribution in [3.05, 3.63) is 64.1 Å². The van der Waals surface area contributed by atoms with Gasteiger partial charge in [0.1, 0.15) is 0 Å². The van der Waals surface area contributed by atoms with E-state index in [1.54, 1.807) is 10.6 Å². The van der Waals surface area contributed by atoms with Crippen molar-refractivity contribution in [2.45, 2.75) is 26.9 Å². The van der Waals surface area contributed by atoms with Crippen molar-refractivity contribution in [3.8, 4) is 0 Å². The molecule has 1 N–H and O–H groups in total. The summed E-state index contributed by atoms with van der Waals surface area (Å²) >= 11 is 0. The van der Waals surface area contributed by atoms with Crippen LogP contribution in [0.1, 0.15) is 18.1 Å². The lowest BCUT2D eigenvalue weighted by atomic mass is 10.1. The maximum Gasteiger partial charge on any atom is 0.250 e. The van der Waals surface area contributed by atoms with Gasteiger partial charge in [0.2, 0.25) is 0 Å². The summed E-state index contributed by atoms with van der Waals surface area (Å²) in [6, 6.07) is 11.8. The van der Waals surface area contributed by atoms with Crippen molar-refractivity contribution in [2.75, 3.05) is 5.32 Å². The second kappa shape index (κ2) is 5.54. The number of pyridine rings is 1. The molecule has 0 radical (unpaired) electrons. The molecular weight excluding hydrogens is 224 g/mol. The number of aryl methyl sites for hydroxylation is 2. The molecular formula is C15H18N2O. The molecule has 0 aliphatic carbocycles. The molecule has 0 amide bonds. The van der Waals surface area contributed by atoms with Gasteiger partial charge in [0.25, 0.3) is 5.56 Å². The third-order valence-electron chi connectivity index (χ3n) is 2.90. The van der Waals surface area contributed by atoms with Gasteiger partial charge in [-0.2, -0.15) is 0 Å². The van der Waals surface area contributed by atoms with Crippen LogP contribution in [0.5, 0.6) is 0 Å². The molecule has 0 atom stereocenters. The van der Waals surface area contributed by atoms with Crippen LogP contribution < -0.4 is 10.9 Å². The lowest BCUT2D eigenvalue weighted by molar-refractivity contribution is 0.727. The van der Waals surface area contributed by atoms with Crippen LogP contribution in [-0.4, -0.2) is 4.57 Å². The summed E-state index contributed by atoms with van der Waals surface area (Å²) in [6.07, 6.45) is 1.86. The second-order valence-electron chi connectivity index (χ2n) is 4.38. The Morgan fingerprint density at radius 2 is 2.06 bits per heavy atom. The predicted molar refractivity (Wildman–Crippen MR) is 74.9 cm³/mol. The van der Waals surface area contributed by atoms with Crippen molar-refractivity contribution in [3.63, 3.8) is 0 Å². The monoisotopic (exact) mass is 242 g/mol. The molecule has 94 valence electrons. The minimum Gasteiger partial charge on any atom is -0.380 e. The van der Waals surface area contributed by atoms with Gasteiger partial charge in [0.15, 0.2) is 0 Å². The second-order valence-corrected chi connectivity index (χ2v) is 4.38. The third kappa shape index (κ3) is 3.00. The Morgan fingerprint density at radius 3 is 2.78 bits per heavy atom. The highest BCUT2D eigenvalue weighted by molar-refractivity contribution is 5.41. The molecule has 0 fully saturated rings. The van der Waals surface area contributed by atoms with Crippen LogP contribution in [0, 0.1) is 6.92 Å². The number of rotatable bonds is 4. The molecule has 1 aromatic heterocycles. The number of nitrogens with zero attached hydrogens (tertiary/aromatic N) is 1. The first-order valence-corrected chi connectivity index (χ1v) is 6.19. The van der Waals surface area contributed by atoms with Gasteiger partial charge in [-0.3, -0.25) is 4.79 Å². The summed E-state index contributed by atoms with van der Waals surface area (Å²) in [7, 11) is 0. The van der Waals surface area contributed by atoms with Gasteiger partial charge >= 0.3 is 0 Å². The minimum atomic E-state index is 0.0404. The van der Waals surface area contributed by atoms with Gasteiger partial charge in [0, 0.05) is 25.4 Å². The number of anilines is 1. The lowest BCUT2D eigenvalue weighted by Crippen LogP contribution is -2.17. The molecule has 0 aliphatic rings. The Bertz CT molecular complexity index is 587. The maximum absolute atomic E-state index is 11.5. The van der Waals surface area contributed by atoms with E-state index in [2.05, 4.69) is 36.5 Å². The SMILES string of the molecule is CCn1cc(NCc2cccc(C)c2)ccc1=O. The molecule has 0 aliphatic heterocycles. The van der Waals surface area contributed by atoms with Crippen LogP contribution in [0.15, 0.2) is 47.4 Å². The summed E-state index contributed by atoms with van der Waals surface area (Å²) in [4.78, 5) is 11.5. The average Bonchev–Trinajstić information content (AvgIpc) is 2.38. The largest absolute Gasteiger partial charge is 0.380 e. The molecule has 1 heterocycles. The normalized spacial score (nSPS) is 10.3. The van der Waals surface area contributed by atoms with Gasteiger partial charge in [-0.25, -0.2) is 0 Å². The van der Waals surface area contributed by atoms with Crippen LogP contribution in [0.2, 0.25) is 0 Å². The fraction of sp³-hybridized carbons (Fsp3) is 0.267. The van der Waals surface area contributed by atoms with E-state index < -0.39 is 0 Å². The van der Waals surface area contributed by atoms with E-state index in [1.807, 2.05) is 19.2 Å². The molecule has 2 aromatic rings. The Labute approximate surface area is 107 Å². The van der Waals surface area contributed by atoms with Crippen molar-refractivity contribution in [1.82, 2.24) is 4.57 Å². The number of benzene rings is 1. The molecule has 0 saturated carbocycles. The maximum atomic E-state index is 11.5. The van der Waals surface area contributed by atoms with Crippen LogP contribution >= 0.6 is 0 Å². The number of nitrogens with one attached hydrogen (secondary N) is 1. The zero-order valence-corrected chi connectivity index (χ0v) is 10.8. The van der Waals surface area contributed by atoms with E-state index in [1.165, 1.54) is 11.1 Å². The molecule has 0 unspecified atom stereocenters. The van der Waals surface area contributed by atoms with E-state index >= 15 is 0 Å². The van der Waals surface area contributed by atoms with Gasteiger partial charge in [0.05, 0.1) is 5.69 Å². The van der Waals surface area contributed by atoms with Gasteiger partial charge in [-0.15, -0.1) is 0 Å². The zero-order chi connectivity index (χ0) is 13.0. The van der Waals surface area contributed by atoms with Crippen LogP contribution in [0.25, 0.3) is 0 Å². The van der Waals surface area contributed by atoms with Crippen molar-refractivity contribution in [1.29, 1.82) is 0 Å². The summed E-state index contributed by atoms with van der Waals surface area (Å²) in [5, 5.41) is 3.33. The van der Waals surface area contributed by atoms with Crippen molar-refractivity contribution >= 4 is 5.69 Å². The summed E-state index contributed by atoms with van der Waals surface area (Å²) in [5.74, 6) is 0. The molecule has 0 saturated heterocycles. The molecule has 3 nitrogen and oxygen atoms in total. The summed E-state index contributed by atoms with van der Waals surface area (Å²) in [5.41, 5.74) is 3.51. The van der Waals surface area contributed by atoms with Crippen molar-refractivity contribution < 1.29 is 0 Å². The molecule has 2 rings (SSSR count). The first kappa shape index (κ1) is 12.4. The van der Waals surface area contributed by atoms with E-state index in [4.69, 9.17) is 0 Å². The Balaban J connectivity index is 2.08. The molecule has 0 bridgehead atoms. The topological polar surface area (TPSA) is 34.0 Å². The molecule has 3 heteroatoms. The highest BCUT2D eigenvalue weighted by Crippen LogP contribution is 2.08. The van der Waals surface area contributed by atoms with Crippen LogP contribution in [0.3, 0.4) is 0 Å². The Kier molecular flexibility index (Phi) is 3.82. The quantitative estimate of drug-likeness (QED) is 0.894. The number of aromatic nitrogens is 1. The lowest BCUT2D eigenvalue weighted by Gasteiger charge is -2.09. The Hall–Kier alpha value is -2.03. The van der Waals surface area contributed by atoms with E-state index in [9.17, 15) is 4.79 Å². The van der Waals surface area contributed by atoms with Crippen molar-refractivity contribution in [2.24, 2.45) is 0 Å². The first-order valence-electron chi connectivity index (χ1n) is 6.19. The smallest absolute Gasteiger partial charge is 0.250 e.